The van der Waals surface area contributed by atoms with Crippen LogP contribution in [0.5, 0.6) is 5.75 Å². The summed E-state index contributed by atoms with van der Waals surface area (Å²) in [5, 5.41) is 9.67. The van der Waals surface area contributed by atoms with Crippen molar-refractivity contribution >= 4 is 22.7 Å². The number of fused-ring (bicyclic) bond motifs is 2. The highest BCUT2D eigenvalue weighted by Crippen LogP contribution is 2.48. The molecule has 0 spiro atoms. The van der Waals surface area contributed by atoms with Gasteiger partial charge in [0.1, 0.15) is 22.7 Å². The first-order chi connectivity index (χ1) is 13.2. The number of ether oxygens (including phenoxy) is 1. The van der Waals surface area contributed by atoms with Crippen LogP contribution in [-0.4, -0.2) is 6.61 Å². The molecule has 0 aliphatic carbocycles. The maximum atomic E-state index is 9.67. The van der Waals surface area contributed by atoms with Crippen LogP contribution in [-0.2, 0) is 10.9 Å². The van der Waals surface area contributed by atoms with Crippen LogP contribution in [0.4, 0.5) is 0 Å². The van der Waals surface area contributed by atoms with Crippen LogP contribution >= 0.6 is 11.8 Å². The van der Waals surface area contributed by atoms with E-state index in [4.69, 9.17) is 4.74 Å². The Kier molecular flexibility index (Phi) is 5.15. The van der Waals surface area contributed by atoms with Crippen molar-refractivity contribution in [3.8, 4) is 11.8 Å². The lowest BCUT2D eigenvalue weighted by atomic mass is 10.2. The predicted octanol–water partition coefficient (Wildman–Crippen LogP) is 6.15. The molecule has 0 saturated carbocycles. The van der Waals surface area contributed by atoms with Gasteiger partial charge in [0.25, 0.3) is 0 Å². The largest absolute Gasteiger partial charge is 0.492 e. The number of nitrogens with zero attached hydrogens (tertiary/aromatic N) is 1. The van der Waals surface area contributed by atoms with Crippen LogP contribution in [0.15, 0.2) is 91.2 Å². The normalized spacial score (nSPS) is 13.0. The highest BCUT2D eigenvalue weighted by Gasteiger charge is 2.38. The SMILES string of the molecule is CC(C)COc1ccc([S+]2c3ccccc3Sc3ccccc32)cc1C#N. The lowest BCUT2D eigenvalue weighted by Crippen LogP contribution is -2.11. The van der Waals surface area contributed by atoms with Gasteiger partial charge in [-0.25, -0.2) is 0 Å². The van der Waals surface area contributed by atoms with Crippen molar-refractivity contribution in [1.29, 1.82) is 5.26 Å². The number of hydrogen-bond acceptors (Lipinski definition) is 3. The van der Waals surface area contributed by atoms with Gasteiger partial charge in [-0.05, 0) is 42.3 Å². The summed E-state index contributed by atoms with van der Waals surface area (Å²) in [6, 6.07) is 25.5. The minimum atomic E-state index is -0.218. The summed E-state index contributed by atoms with van der Waals surface area (Å²) in [4.78, 5) is 6.38. The van der Waals surface area contributed by atoms with E-state index in [9.17, 15) is 5.26 Å². The van der Waals surface area contributed by atoms with Gasteiger partial charge < -0.3 is 4.74 Å². The molecule has 0 aromatic heterocycles. The molecule has 4 rings (SSSR count). The first-order valence-electron chi connectivity index (χ1n) is 8.94. The number of rotatable bonds is 4. The van der Waals surface area contributed by atoms with Gasteiger partial charge in [-0.1, -0.05) is 49.9 Å². The molecule has 2 nitrogen and oxygen atoms in total. The van der Waals surface area contributed by atoms with E-state index in [1.54, 1.807) is 0 Å². The average molecular weight is 391 g/mol. The summed E-state index contributed by atoms with van der Waals surface area (Å²) in [6.45, 7) is 4.83. The molecule has 0 amide bonds. The maximum Gasteiger partial charge on any atom is 0.180 e. The molecule has 0 unspecified atom stereocenters. The van der Waals surface area contributed by atoms with E-state index < -0.39 is 0 Å². The Hall–Kier alpha value is -2.35. The van der Waals surface area contributed by atoms with Crippen molar-refractivity contribution < 1.29 is 4.74 Å². The zero-order chi connectivity index (χ0) is 18.8. The third-order valence-electron chi connectivity index (χ3n) is 4.24. The van der Waals surface area contributed by atoms with Crippen molar-refractivity contribution in [3.05, 3.63) is 72.3 Å². The van der Waals surface area contributed by atoms with Crippen molar-refractivity contribution in [2.24, 2.45) is 5.92 Å². The summed E-state index contributed by atoms with van der Waals surface area (Å²) in [6.07, 6.45) is 0. The molecular weight excluding hydrogens is 370 g/mol. The predicted molar refractivity (Wildman–Crippen MR) is 111 cm³/mol. The lowest BCUT2D eigenvalue weighted by molar-refractivity contribution is 0.270. The molecule has 3 aromatic rings. The second-order valence-electron chi connectivity index (χ2n) is 6.78. The highest BCUT2D eigenvalue weighted by molar-refractivity contribution is 8.04. The Labute approximate surface area is 167 Å². The molecular formula is C23H20NOS2+. The molecule has 0 bridgehead atoms. The van der Waals surface area contributed by atoms with Gasteiger partial charge in [-0.3, -0.25) is 0 Å². The van der Waals surface area contributed by atoms with E-state index in [1.807, 2.05) is 23.9 Å². The standard InChI is InChI=1S/C23H20NOS2/c1-16(2)15-25-19-12-11-18(13-17(19)14-24)27-22-9-5-3-7-20(22)26-21-8-4-6-10-23(21)27/h3-13,16H,15H2,1-2H3/q+1. The first-order valence-corrected chi connectivity index (χ1v) is 11.0. The fourth-order valence-electron chi connectivity index (χ4n) is 3.00. The van der Waals surface area contributed by atoms with Crippen molar-refractivity contribution in [2.75, 3.05) is 6.61 Å². The van der Waals surface area contributed by atoms with Crippen LogP contribution in [0.1, 0.15) is 19.4 Å². The molecule has 27 heavy (non-hydrogen) atoms. The van der Waals surface area contributed by atoms with Crippen molar-refractivity contribution in [1.82, 2.24) is 0 Å². The molecule has 0 saturated heterocycles. The highest BCUT2D eigenvalue weighted by atomic mass is 32.2. The lowest BCUT2D eigenvalue weighted by Gasteiger charge is -2.19. The molecule has 1 heterocycles. The topological polar surface area (TPSA) is 33.0 Å². The van der Waals surface area contributed by atoms with Crippen molar-refractivity contribution in [3.63, 3.8) is 0 Å². The van der Waals surface area contributed by atoms with Crippen LogP contribution in [0, 0.1) is 17.2 Å². The number of nitriles is 1. The van der Waals surface area contributed by atoms with Crippen LogP contribution in [0.2, 0.25) is 0 Å². The van der Waals surface area contributed by atoms with E-state index >= 15 is 0 Å². The Morgan fingerprint density at radius 1 is 0.963 bits per heavy atom. The summed E-state index contributed by atoms with van der Waals surface area (Å²) < 4.78 is 5.85. The van der Waals surface area contributed by atoms with Crippen LogP contribution in [0.25, 0.3) is 0 Å². The van der Waals surface area contributed by atoms with Gasteiger partial charge in [0.2, 0.25) is 0 Å². The minimum Gasteiger partial charge on any atom is -0.492 e. The Balaban J connectivity index is 1.81. The van der Waals surface area contributed by atoms with E-state index in [2.05, 4.69) is 74.5 Å². The van der Waals surface area contributed by atoms with Gasteiger partial charge >= 0.3 is 0 Å². The van der Waals surface area contributed by atoms with Crippen molar-refractivity contribution in [2.45, 2.75) is 38.3 Å². The fraction of sp³-hybridized carbons (Fsp3) is 0.174. The fourth-order valence-corrected chi connectivity index (χ4v) is 6.77. The van der Waals surface area contributed by atoms with Gasteiger partial charge in [0.15, 0.2) is 14.7 Å². The Morgan fingerprint density at radius 2 is 1.59 bits per heavy atom. The van der Waals surface area contributed by atoms with E-state index in [1.165, 1.54) is 19.6 Å². The van der Waals surface area contributed by atoms with E-state index in [0.29, 0.717) is 23.8 Å². The zero-order valence-electron chi connectivity index (χ0n) is 15.3. The smallest absolute Gasteiger partial charge is 0.180 e. The van der Waals surface area contributed by atoms with Gasteiger partial charge in [-0.2, -0.15) is 5.26 Å². The number of hydrogen-bond donors (Lipinski definition) is 0. The van der Waals surface area contributed by atoms with E-state index in [-0.39, 0.29) is 10.9 Å². The second kappa shape index (κ2) is 7.72. The Bertz CT molecular complexity index is 977. The number of benzene rings is 3. The monoisotopic (exact) mass is 390 g/mol. The average Bonchev–Trinajstić information content (AvgIpc) is 2.70. The molecule has 0 radical (unpaired) electrons. The molecule has 134 valence electrons. The molecule has 0 atom stereocenters. The third-order valence-corrected chi connectivity index (χ3v) is 7.96. The van der Waals surface area contributed by atoms with E-state index in [0.717, 1.165) is 4.90 Å². The van der Waals surface area contributed by atoms with Gasteiger partial charge in [0, 0.05) is 6.07 Å². The second-order valence-corrected chi connectivity index (χ2v) is 9.82. The quantitative estimate of drug-likeness (QED) is 0.392. The zero-order valence-corrected chi connectivity index (χ0v) is 16.9. The summed E-state index contributed by atoms with van der Waals surface area (Å²) in [5.41, 5.74) is 0.605. The van der Waals surface area contributed by atoms with Gasteiger partial charge in [-0.15, -0.1) is 0 Å². The Morgan fingerprint density at radius 3 is 2.19 bits per heavy atom. The third kappa shape index (κ3) is 3.58. The summed E-state index contributed by atoms with van der Waals surface area (Å²) in [5.74, 6) is 1.10. The molecule has 0 fully saturated rings. The summed E-state index contributed by atoms with van der Waals surface area (Å²) in [7, 11) is -0.218. The molecule has 4 heteroatoms. The van der Waals surface area contributed by atoms with Crippen LogP contribution in [0.3, 0.4) is 0 Å². The first kappa shape index (κ1) is 18.0. The molecule has 3 aromatic carbocycles. The molecule has 0 N–H and O–H groups in total. The summed E-state index contributed by atoms with van der Waals surface area (Å²) >= 11 is 1.82. The van der Waals surface area contributed by atoms with Crippen LogP contribution < -0.4 is 4.74 Å². The molecule has 1 aliphatic heterocycles. The molecule has 1 aliphatic rings. The maximum absolute atomic E-state index is 9.67. The van der Waals surface area contributed by atoms with Gasteiger partial charge in [0.05, 0.1) is 22.0 Å². The minimum absolute atomic E-state index is 0.218.